The zero-order chi connectivity index (χ0) is 24.9. The van der Waals surface area contributed by atoms with E-state index in [0.717, 1.165) is 60.0 Å². The number of benzene rings is 2. The number of hydrogen-bond donors (Lipinski definition) is 2. The lowest BCUT2D eigenvalue weighted by molar-refractivity contribution is 0.102. The molecule has 1 aliphatic heterocycles. The van der Waals surface area contributed by atoms with Gasteiger partial charge in [0, 0.05) is 55.2 Å². The van der Waals surface area contributed by atoms with E-state index in [4.69, 9.17) is 0 Å². The van der Waals surface area contributed by atoms with Crippen LogP contribution in [0.25, 0.3) is 28.0 Å². The van der Waals surface area contributed by atoms with Gasteiger partial charge in [-0.15, -0.1) is 0 Å². The number of para-hydroxylation sites is 2. The Bertz CT molecular complexity index is 1570. The molecule has 0 bridgehead atoms. The first-order chi connectivity index (χ1) is 18.1. The highest BCUT2D eigenvalue weighted by atomic mass is 16.1. The van der Waals surface area contributed by atoms with Crippen LogP contribution in [-0.2, 0) is 0 Å². The second kappa shape index (κ2) is 8.70. The van der Waals surface area contributed by atoms with Crippen LogP contribution >= 0.6 is 0 Å². The average Bonchev–Trinajstić information content (AvgIpc) is 3.61. The van der Waals surface area contributed by atoms with Gasteiger partial charge in [0.1, 0.15) is 0 Å². The lowest BCUT2D eigenvalue weighted by atomic mass is 10.2. The molecule has 1 saturated carbocycles. The number of pyridine rings is 1. The molecule has 0 unspecified atom stereocenters. The Morgan fingerprint density at radius 1 is 1.03 bits per heavy atom. The van der Waals surface area contributed by atoms with Gasteiger partial charge in [-0.3, -0.25) is 9.69 Å². The summed E-state index contributed by atoms with van der Waals surface area (Å²) in [6, 6.07) is 18.6. The van der Waals surface area contributed by atoms with Gasteiger partial charge in [0.2, 0.25) is 5.95 Å². The third-order valence-electron chi connectivity index (χ3n) is 7.41. The van der Waals surface area contributed by atoms with Crippen LogP contribution in [0.4, 0.5) is 11.4 Å². The Morgan fingerprint density at radius 2 is 1.81 bits per heavy atom. The molecule has 1 aliphatic carbocycles. The summed E-state index contributed by atoms with van der Waals surface area (Å²) in [5.74, 6) is 0.397. The molecule has 37 heavy (non-hydrogen) atoms. The number of imidazole rings is 1. The first-order valence-electron chi connectivity index (χ1n) is 12.8. The van der Waals surface area contributed by atoms with Crippen molar-refractivity contribution in [1.82, 2.24) is 29.6 Å². The topological polar surface area (TPSA) is 95.0 Å². The molecule has 3 aromatic heterocycles. The molecule has 2 N–H and O–H groups in total. The van der Waals surface area contributed by atoms with Gasteiger partial charge in [-0.05, 0) is 62.2 Å². The van der Waals surface area contributed by atoms with Gasteiger partial charge in [0.25, 0.3) is 5.91 Å². The number of piperazine rings is 1. The number of H-pyrrole nitrogens is 1. The Hall–Kier alpha value is -4.24. The smallest absolute Gasteiger partial charge is 0.257 e. The minimum atomic E-state index is -0.198. The fourth-order valence-electron chi connectivity index (χ4n) is 5.20. The van der Waals surface area contributed by atoms with Crippen LogP contribution < -0.4 is 10.2 Å². The summed E-state index contributed by atoms with van der Waals surface area (Å²) in [5.41, 5.74) is 5.68. The van der Waals surface area contributed by atoms with E-state index < -0.39 is 0 Å². The largest absolute Gasteiger partial charge is 0.369 e. The molecule has 2 fully saturated rings. The normalized spacial score (nSPS) is 16.5. The van der Waals surface area contributed by atoms with Crippen LogP contribution in [0.2, 0.25) is 0 Å². The summed E-state index contributed by atoms with van der Waals surface area (Å²) < 4.78 is 1.69. The second-order valence-corrected chi connectivity index (χ2v) is 9.93. The van der Waals surface area contributed by atoms with E-state index in [9.17, 15) is 4.79 Å². The number of aromatic nitrogens is 5. The van der Waals surface area contributed by atoms with Crippen molar-refractivity contribution in [2.45, 2.75) is 25.8 Å². The van der Waals surface area contributed by atoms with E-state index in [1.165, 1.54) is 18.5 Å². The van der Waals surface area contributed by atoms with Crippen LogP contribution in [0.1, 0.15) is 28.9 Å². The first kappa shape index (κ1) is 22.0. The van der Waals surface area contributed by atoms with Gasteiger partial charge < -0.3 is 15.2 Å². The van der Waals surface area contributed by atoms with Crippen LogP contribution in [0.15, 0.2) is 60.8 Å². The molecule has 186 valence electrons. The SMILES string of the molecule is Cc1nn(-c2nc3ccccc3[nH]2)c2ncc(C(=O)Nc3ccc(N4CCN(C5CC5)CC4)cc3)cc12. The van der Waals surface area contributed by atoms with Crippen molar-refractivity contribution >= 4 is 39.3 Å². The number of carbonyl (C=O) groups excluding carboxylic acids is 1. The number of nitrogens with zero attached hydrogens (tertiary/aromatic N) is 6. The maximum Gasteiger partial charge on any atom is 0.257 e. The number of hydrogen-bond acceptors (Lipinski definition) is 6. The van der Waals surface area contributed by atoms with Gasteiger partial charge >= 0.3 is 0 Å². The molecule has 7 rings (SSSR count). The second-order valence-electron chi connectivity index (χ2n) is 9.93. The van der Waals surface area contributed by atoms with Crippen molar-refractivity contribution in [3.63, 3.8) is 0 Å². The first-order valence-corrected chi connectivity index (χ1v) is 12.8. The predicted octanol–water partition coefficient (Wildman–Crippen LogP) is 4.14. The fraction of sp³-hybridized carbons (Fsp3) is 0.286. The zero-order valence-corrected chi connectivity index (χ0v) is 20.7. The highest BCUT2D eigenvalue weighted by Crippen LogP contribution is 2.29. The number of rotatable bonds is 5. The maximum atomic E-state index is 13.0. The van der Waals surface area contributed by atoms with Gasteiger partial charge in [-0.25, -0.2) is 9.97 Å². The van der Waals surface area contributed by atoms with Crippen molar-refractivity contribution in [2.75, 3.05) is 36.4 Å². The Balaban J connectivity index is 1.07. The summed E-state index contributed by atoms with van der Waals surface area (Å²) in [6.45, 7) is 6.27. The Morgan fingerprint density at radius 3 is 2.57 bits per heavy atom. The van der Waals surface area contributed by atoms with Crippen LogP contribution in [0, 0.1) is 6.92 Å². The number of anilines is 2. The van der Waals surface area contributed by atoms with Crippen molar-refractivity contribution in [3.05, 3.63) is 72.1 Å². The molecule has 0 radical (unpaired) electrons. The van der Waals surface area contributed by atoms with Gasteiger partial charge in [0.05, 0.1) is 22.3 Å². The lowest BCUT2D eigenvalue weighted by Gasteiger charge is -2.36. The molecular weight excluding hydrogens is 464 g/mol. The van der Waals surface area contributed by atoms with E-state index in [-0.39, 0.29) is 5.91 Å². The van der Waals surface area contributed by atoms with Gasteiger partial charge in [-0.2, -0.15) is 9.78 Å². The quantitative estimate of drug-likeness (QED) is 0.383. The molecular formula is C28H28N8O. The number of carbonyl (C=O) groups is 1. The van der Waals surface area contributed by atoms with E-state index in [1.54, 1.807) is 10.9 Å². The van der Waals surface area contributed by atoms with Crippen molar-refractivity contribution in [1.29, 1.82) is 0 Å². The van der Waals surface area contributed by atoms with Crippen molar-refractivity contribution < 1.29 is 4.79 Å². The molecule has 0 atom stereocenters. The standard InChI is InChI=1S/C28H28N8O/c1-18-23-16-19(17-29-26(23)36(33-18)28-31-24-4-2-3-5-25(24)32-28)27(37)30-20-6-8-21(9-7-20)34-12-14-35(15-13-34)22-10-11-22/h2-9,16-17,22H,10-15H2,1H3,(H,30,37)(H,31,32). The monoisotopic (exact) mass is 492 g/mol. The predicted molar refractivity (Wildman–Crippen MR) is 144 cm³/mol. The number of aromatic amines is 1. The van der Waals surface area contributed by atoms with Crippen LogP contribution in [-0.4, -0.2) is 67.8 Å². The summed E-state index contributed by atoms with van der Waals surface area (Å²) >= 11 is 0. The maximum absolute atomic E-state index is 13.0. The highest BCUT2D eigenvalue weighted by Gasteiger charge is 2.31. The van der Waals surface area contributed by atoms with Gasteiger partial charge in [-0.1, -0.05) is 12.1 Å². The summed E-state index contributed by atoms with van der Waals surface area (Å²) in [5, 5.41) is 8.45. The molecule has 5 aromatic rings. The number of fused-ring (bicyclic) bond motifs is 2. The summed E-state index contributed by atoms with van der Waals surface area (Å²) in [7, 11) is 0. The highest BCUT2D eigenvalue weighted by molar-refractivity contribution is 6.06. The molecule has 9 heteroatoms. The molecule has 4 heterocycles. The third-order valence-corrected chi connectivity index (χ3v) is 7.41. The molecule has 1 amide bonds. The van der Waals surface area contributed by atoms with Crippen molar-refractivity contribution in [2.24, 2.45) is 0 Å². The van der Waals surface area contributed by atoms with Crippen LogP contribution in [0.5, 0.6) is 0 Å². The minimum Gasteiger partial charge on any atom is -0.369 e. The van der Waals surface area contributed by atoms with Gasteiger partial charge in [0.15, 0.2) is 5.65 Å². The number of nitrogens with one attached hydrogen (secondary N) is 2. The molecule has 2 aliphatic rings. The lowest BCUT2D eigenvalue weighted by Crippen LogP contribution is -2.47. The third kappa shape index (κ3) is 4.11. The van der Waals surface area contributed by atoms with E-state index in [1.807, 2.05) is 49.4 Å². The van der Waals surface area contributed by atoms with E-state index in [0.29, 0.717) is 17.2 Å². The van der Waals surface area contributed by atoms with Crippen LogP contribution in [0.3, 0.4) is 0 Å². The molecule has 0 spiro atoms. The van der Waals surface area contributed by atoms with Crippen molar-refractivity contribution in [3.8, 4) is 5.95 Å². The van der Waals surface area contributed by atoms with E-state index >= 15 is 0 Å². The minimum absolute atomic E-state index is 0.198. The summed E-state index contributed by atoms with van der Waals surface area (Å²) in [6.07, 6.45) is 4.31. The average molecular weight is 493 g/mol. The molecule has 9 nitrogen and oxygen atoms in total. The molecule has 2 aromatic carbocycles. The fourth-order valence-corrected chi connectivity index (χ4v) is 5.20. The number of aryl methyl sites for hydroxylation is 1. The zero-order valence-electron chi connectivity index (χ0n) is 20.7. The summed E-state index contributed by atoms with van der Waals surface area (Å²) in [4.78, 5) is 30.6. The Labute approximate surface area is 214 Å². The number of amides is 1. The van der Waals surface area contributed by atoms with E-state index in [2.05, 4.69) is 47.3 Å². The Kier molecular flexibility index (Phi) is 5.17. The molecule has 1 saturated heterocycles.